The van der Waals surface area contributed by atoms with Crippen LogP contribution in [0.5, 0.6) is 5.75 Å². The molecule has 2 aliphatic rings. The lowest BCUT2D eigenvalue weighted by Gasteiger charge is -2.51. The molecule has 4 atom stereocenters. The number of piperidine rings is 1. The molecule has 172 valence electrons. The topological polar surface area (TPSA) is 123 Å². The normalized spacial score (nSPS) is 25.8. The molecule has 0 spiro atoms. The highest BCUT2D eigenvalue weighted by Gasteiger charge is 2.53. The molecule has 2 aliphatic heterocycles. The minimum Gasteiger partial charge on any atom is -0.455 e. The largest absolute Gasteiger partial charge is 0.455 e. The maximum absolute atomic E-state index is 13.0. The van der Waals surface area contributed by atoms with Crippen LogP contribution in [-0.2, 0) is 14.2 Å². The molecule has 2 saturated heterocycles. The van der Waals surface area contributed by atoms with Crippen molar-refractivity contribution in [3.63, 3.8) is 0 Å². The van der Waals surface area contributed by atoms with Crippen LogP contribution in [-0.4, -0.2) is 60.2 Å². The summed E-state index contributed by atoms with van der Waals surface area (Å²) in [6, 6.07) is 15.6. The fourth-order valence-electron chi connectivity index (χ4n) is 3.97. The Morgan fingerprint density at radius 2 is 1.79 bits per heavy atom. The summed E-state index contributed by atoms with van der Waals surface area (Å²) in [6.45, 7) is 3.55. The second kappa shape index (κ2) is 9.50. The number of azide groups is 1. The van der Waals surface area contributed by atoms with E-state index in [1.807, 2.05) is 6.07 Å². The van der Waals surface area contributed by atoms with Gasteiger partial charge in [0.05, 0.1) is 24.3 Å². The molecule has 0 aliphatic carbocycles. The molecule has 2 heterocycles. The van der Waals surface area contributed by atoms with Gasteiger partial charge in [-0.3, -0.25) is 4.90 Å². The third-order valence-electron chi connectivity index (χ3n) is 5.52. The molecule has 4 rings (SSSR count). The van der Waals surface area contributed by atoms with Gasteiger partial charge < -0.3 is 18.9 Å². The fourth-order valence-corrected chi connectivity index (χ4v) is 3.97. The Morgan fingerprint density at radius 1 is 1.12 bits per heavy atom. The second-order valence-corrected chi connectivity index (χ2v) is 8.20. The molecule has 33 heavy (non-hydrogen) atoms. The lowest BCUT2D eigenvalue weighted by atomic mass is 9.91. The number of ether oxygens (including phenoxy) is 4. The van der Waals surface area contributed by atoms with Gasteiger partial charge in [-0.05, 0) is 43.6 Å². The Kier molecular flexibility index (Phi) is 6.50. The summed E-state index contributed by atoms with van der Waals surface area (Å²) in [5, 5.41) is 3.82. The minimum atomic E-state index is -0.994. The molecule has 2 fully saturated rings. The van der Waals surface area contributed by atoms with E-state index in [9.17, 15) is 9.59 Å². The zero-order chi connectivity index (χ0) is 23.4. The zero-order valence-electron chi connectivity index (χ0n) is 18.2. The third-order valence-corrected chi connectivity index (χ3v) is 5.52. The summed E-state index contributed by atoms with van der Waals surface area (Å²) in [4.78, 5) is 30.2. The van der Waals surface area contributed by atoms with Crippen LogP contribution < -0.4 is 4.74 Å². The third kappa shape index (κ3) is 5.09. The molecule has 1 amide bonds. The maximum atomic E-state index is 13.0. The Balaban J connectivity index is 1.62. The average molecular weight is 452 g/mol. The number of carbonyl (C=O) groups is 2. The summed E-state index contributed by atoms with van der Waals surface area (Å²) >= 11 is 0. The summed E-state index contributed by atoms with van der Waals surface area (Å²) in [6.07, 6.45) is -2.37. The van der Waals surface area contributed by atoms with Gasteiger partial charge in [-0.2, -0.15) is 0 Å². The summed E-state index contributed by atoms with van der Waals surface area (Å²) in [5.41, 5.74) is 9.52. The summed E-state index contributed by atoms with van der Waals surface area (Å²) in [5.74, 6) is -1.20. The molecular formula is C23H24N4O6. The van der Waals surface area contributed by atoms with Crippen molar-refractivity contribution in [2.75, 3.05) is 13.2 Å². The molecule has 0 aromatic heterocycles. The van der Waals surface area contributed by atoms with Crippen molar-refractivity contribution in [3.8, 4) is 5.75 Å². The van der Waals surface area contributed by atoms with Crippen molar-refractivity contribution < 1.29 is 28.5 Å². The maximum Gasteiger partial charge on any atom is 0.415 e. The van der Waals surface area contributed by atoms with Crippen molar-refractivity contribution in [2.45, 2.75) is 43.9 Å². The Morgan fingerprint density at radius 3 is 2.45 bits per heavy atom. The van der Waals surface area contributed by atoms with Crippen molar-refractivity contribution in [1.82, 2.24) is 4.90 Å². The van der Waals surface area contributed by atoms with Crippen molar-refractivity contribution >= 4 is 12.1 Å². The molecule has 0 radical (unpaired) electrons. The number of carbonyl (C=O) groups excluding carboxylic acids is 2. The minimum absolute atomic E-state index is 0.0310. The van der Waals surface area contributed by atoms with E-state index in [-0.39, 0.29) is 13.2 Å². The van der Waals surface area contributed by atoms with Crippen LogP contribution in [0.4, 0.5) is 4.79 Å². The molecule has 0 bridgehead atoms. The van der Waals surface area contributed by atoms with Crippen LogP contribution in [0.2, 0.25) is 0 Å². The molecule has 2 aromatic rings. The summed E-state index contributed by atoms with van der Waals surface area (Å²) in [7, 11) is 0. The molecule has 1 unspecified atom stereocenters. The van der Waals surface area contributed by atoms with Gasteiger partial charge in [0.1, 0.15) is 18.0 Å². The van der Waals surface area contributed by atoms with Crippen LogP contribution >= 0.6 is 0 Å². The Labute approximate surface area is 190 Å². The van der Waals surface area contributed by atoms with E-state index in [0.29, 0.717) is 11.3 Å². The second-order valence-electron chi connectivity index (χ2n) is 8.20. The number of fused-ring (bicyclic) bond motifs is 1. The SMILES string of the molecule is CC1(C)OC[C@@H]2[C@@H](O1)[C@H](OC(=O)c1ccccc1)C(N=[N+]=[N-])CN2C(=O)Oc1ccccc1. The van der Waals surface area contributed by atoms with E-state index in [1.54, 1.807) is 68.4 Å². The number of benzene rings is 2. The smallest absolute Gasteiger partial charge is 0.415 e. The number of amides is 1. The predicted molar refractivity (Wildman–Crippen MR) is 116 cm³/mol. The van der Waals surface area contributed by atoms with Crippen molar-refractivity contribution in [1.29, 1.82) is 0 Å². The number of esters is 1. The van der Waals surface area contributed by atoms with Gasteiger partial charge in [0.25, 0.3) is 0 Å². The number of hydrogen-bond donors (Lipinski definition) is 0. The molecule has 2 aromatic carbocycles. The van der Waals surface area contributed by atoms with Crippen LogP contribution in [0.15, 0.2) is 65.8 Å². The first-order chi connectivity index (χ1) is 15.9. The van der Waals surface area contributed by atoms with Gasteiger partial charge in [-0.25, -0.2) is 9.59 Å². The van der Waals surface area contributed by atoms with Gasteiger partial charge in [0, 0.05) is 11.5 Å². The van der Waals surface area contributed by atoms with Gasteiger partial charge >= 0.3 is 12.1 Å². The van der Waals surface area contributed by atoms with E-state index in [1.165, 1.54) is 4.90 Å². The van der Waals surface area contributed by atoms with Crippen LogP contribution in [0, 0.1) is 0 Å². The number of likely N-dealkylation sites (tertiary alicyclic amines) is 1. The van der Waals surface area contributed by atoms with E-state index >= 15 is 0 Å². The van der Waals surface area contributed by atoms with Gasteiger partial charge in [-0.1, -0.05) is 41.5 Å². The first-order valence-electron chi connectivity index (χ1n) is 10.5. The van der Waals surface area contributed by atoms with Gasteiger partial charge in [0.2, 0.25) is 0 Å². The highest BCUT2D eigenvalue weighted by atomic mass is 16.7. The van der Waals surface area contributed by atoms with E-state index in [4.69, 9.17) is 24.5 Å². The predicted octanol–water partition coefficient (Wildman–Crippen LogP) is 3.93. The Hall–Kier alpha value is -3.59. The van der Waals surface area contributed by atoms with Gasteiger partial charge in [0.15, 0.2) is 5.79 Å². The standard InChI is InChI=1S/C23H24N4O6/c1-23(2)30-14-18-20(33-23)19(32-21(28)15-9-5-3-6-10-15)17(25-26-24)13-27(18)22(29)31-16-11-7-4-8-12-16/h3-12,17-20H,13-14H2,1-2H3/t17?,18-,19-,20-/m1/s1. The van der Waals surface area contributed by atoms with Crippen LogP contribution in [0.1, 0.15) is 24.2 Å². The zero-order valence-corrected chi connectivity index (χ0v) is 18.2. The van der Waals surface area contributed by atoms with Crippen molar-refractivity contribution in [2.24, 2.45) is 5.11 Å². The highest BCUT2D eigenvalue weighted by molar-refractivity contribution is 5.89. The molecule has 10 nitrogen and oxygen atoms in total. The lowest BCUT2D eigenvalue weighted by Crippen LogP contribution is -2.69. The first kappa shape index (κ1) is 22.6. The van der Waals surface area contributed by atoms with E-state index < -0.39 is 42.1 Å². The lowest BCUT2D eigenvalue weighted by molar-refractivity contribution is -0.314. The number of rotatable bonds is 4. The molecule has 0 saturated carbocycles. The first-order valence-corrected chi connectivity index (χ1v) is 10.5. The van der Waals surface area contributed by atoms with Crippen LogP contribution in [0.3, 0.4) is 0 Å². The monoisotopic (exact) mass is 452 g/mol. The van der Waals surface area contributed by atoms with E-state index in [2.05, 4.69) is 10.0 Å². The van der Waals surface area contributed by atoms with E-state index in [0.717, 1.165) is 0 Å². The molecular weight excluding hydrogens is 428 g/mol. The van der Waals surface area contributed by atoms with Crippen molar-refractivity contribution in [3.05, 3.63) is 76.7 Å². The average Bonchev–Trinajstić information content (AvgIpc) is 2.81. The quantitative estimate of drug-likeness (QED) is 0.300. The molecule has 0 N–H and O–H groups in total. The number of hydrogen-bond acceptors (Lipinski definition) is 7. The molecule has 10 heteroatoms. The van der Waals surface area contributed by atoms with Crippen LogP contribution in [0.25, 0.3) is 10.4 Å². The highest BCUT2D eigenvalue weighted by Crippen LogP contribution is 2.35. The van der Waals surface area contributed by atoms with Gasteiger partial charge in [-0.15, -0.1) is 0 Å². The number of nitrogens with zero attached hydrogens (tertiary/aromatic N) is 4. The Bertz CT molecular complexity index is 1040. The fraction of sp³-hybridized carbons (Fsp3) is 0.391. The number of para-hydroxylation sites is 1. The summed E-state index contributed by atoms with van der Waals surface area (Å²) < 4.78 is 23.2.